The predicted octanol–water partition coefficient (Wildman–Crippen LogP) is 2.81. The number of rotatable bonds is 1. The molecule has 0 aliphatic rings. The smallest absolute Gasteiger partial charge is 0.115 e. The first kappa shape index (κ1) is 13.8. The van der Waals surface area contributed by atoms with Crippen LogP contribution in [0.1, 0.15) is 5.69 Å². The first-order chi connectivity index (χ1) is 6.29. The average molecular weight is 246 g/mol. The molecule has 2 rings (SSSR count). The highest BCUT2D eigenvalue weighted by Crippen LogP contribution is 2.24. The Kier molecular flexibility index (Phi) is 5.19. The zero-order valence-electron chi connectivity index (χ0n) is 8.23. The van der Waals surface area contributed by atoms with E-state index < -0.39 is 0 Å². The SMILES string of the molecule is Cc1[nH]nc(-c2ccccc2)c1N.Cl.Cl. The highest BCUT2D eigenvalue weighted by molar-refractivity contribution is 5.85. The summed E-state index contributed by atoms with van der Waals surface area (Å²) in [6.45, 7) is 1.91. The van der Waals surface area contributed by atoms with Crippen molar-refractivity contribution in [1.82, 2.24) is 10.2 Å². The second kappa shape index (κ2) is 5.63. The summed E-state index contributed by atoms with van der Waals surface area (Å²) in [7, 11) is 0. The van der Waals surface area contributed by atoms with E-state index in [9.17, 15) is 0 Å². The van der Waals surface area contributed by atoms with Gasteiger partial charge in [0.15, 0.2) is 0 Å². The Morgan fingerprint density at radius 1 is 1.13 bits per heavy atom. The molecular weight excluding hydrogens is 233 g/mol. The van der Waals surface area contributed by atoms with Crippen LogP contribution >= 0.6 is 24.8 Å². The van der Waals surface area contributed by atoms with Crippen LogP contribution in [-0.4, -0.2) is 10.2 Å². The van der Waals surface area contributed by atoms with Gasteiger partial charge in [-0.25, -0.2) is 0 Å². The van der Waals surface area contributed by atoms with Gasteiger partial charge in [0.25, 0.3) is 0 Å². The normalized spacial score (nSPS) is 8.87. The molecule has 0 saturated heterocycles. The molecule has 0 spiro atoms. The van der Waals surface area contributed by atoms with Crippen LogP contribution in [0.3, 0.4) is 0 Å². The molecule has 0 bridgehead atoms. The molecule has 3 nitrogen and oxygen atoms in total. The highest BCUT2D eigenvalue weighted by Gasteiger charge is 2.07. The van der Waals surface area contributed by atoms with Crippen molar-refractivity contribution in [2.75, 3.05) is 5.73 Å². The number of nitrogens with two attached hydrogens (primary N) is 1. The molecule has 1 heterocycles. The van der Waals surface area contributed by atoms with Gasteiger partial charge in [-0.1, -0.05) is 30.3 Å². The molecule has 1 aromatic carbocycles. The zero-order valence-corrected chi connectivity index (χ0v) is 9.86. The summed E-state index contributed by atoms with van der Waals surface area (Å²) >= 11 is 0. The molecule has 3 N–H and O–H groups in total. The fourth-order valence-corrected chi connectivity index (χ4v) is 1.25. The van der Waals surface area contributed by atoms with E-state index in [1.165, 1.54) is 0 Å². The molecule has 2 aromatic rings. The lowest BCUT2D eigenvalue weighted by Crippen LogP contribution is -1.88. The standard InChI is InChI=1S/C10H11N3.2ClH/c1-7-9(11)10(13-12-7)8-5-3-2-4-6-8;;/h2-6H,11H2,1H3,(H,12,13);2*1H. The monoisotopic (exact) mass is 245 g/mol. The van der Waals surface area contributed by atoms with Crippen LogP contribution in [-0.2, 0) is 0 Å². The number of aromatic nitrogens is 2. The number of aromatic amines is 1. The number of nitrogens with one attached hydrogen (secondary N) is 1. The van der Waals surface area contributed by atoms with Gasteiger partial charge in [0.1, 0.15) is 5.69 Å². The van der Waals surface area contributed by atoms with Crippen molar-refractivity contribution in [2.45, 2.75) is 6.92 Å². The van der Waals surface area contributed by atoms with Crippen molar-refractivity contribution in [3.05, 3.63) is 36.0 Å². The van der Waals surface area contributed by atoms with Crippen LogP contribution in [0.5, 0.6) is 0 Å². The summed E-state index contributed by atoms with van der Waals surface area (Å²) in [6, 6.07) is 9.90. The number of nitrogen functional groups attached to an aromatic ring is 1. The third-order valence-corrected chi connectivity index (χ3v) is 2.04. The van der Waals surface area contributed by atoms with Gasteiger partial charge >= 0.3 is 0 Å². The van der Waals surface area contributed by atoms with E-state index >= 15 is 0 Å². The molecular formula is C10H13Cl2N3. The molecule has 0 aliphatic heterocycles. The number of hydrogen-bond donors (Lipinski definition) is 2. The number of hydrogen-bond acceptors (Lipinski definition) is 2. The van der Waals surface area contributed by atoms with E-state index in [1.54, 1.807) is 0 Å². The van der Waals surface area contributed by atoms with Gasteiger partial charge in [0, 0.05) is 5.56 Å². The molecule has 0 atom stereocenters. The third kappa shape index (κ3) is 2.64. The van der Waals surface area contributed by atoms with Crippen molar-refractivity contribution in [3.63, 3.8) is 0 Å². The van der Waals surface area contributed by atoms with Gasteiger partial charge in [-0.2, -0.15) is 5.10 Å². The van der Waals surface area contributed by atoms with Crippen molar-refractivity contribution < 1.29 is 0 Å². The first-order valence-electron chi connectivity index (χ1n) is 4.15. The summed E-state index contributed by atoms with van der Waals surface area (Å²) < 4.78 is 0. The predicted molar refractivity (Wildman–Crippen MR) is 67.7 cm³/mol. The molecule has 0 aliphatic carbocycles. The molecule has 0 fully saturated rings. The largest absolute Gasteiger partial charge is 0.395 e. The lowest BCUT2D eigenvalue weighted by atomic mass is 10.1. The zero-order chi connectivity index (χ0) is 9.26. The lowest BCUT2D eigenvalue weighted by molar-refractivity contribution is 1.05. The van der Waals surface area contributed by atoms with E-state index in [0.717, 1.165) is 22.6 Å². The van der Waals surface area contributed by atoms with E-state index in [2.05, 4.69) is 10.2 Å². The molecule has 82 valence electrons. The molecule has 5 heteroatoms. The topological polar surface area (TPSA) is 54.7 Å². The van der Waals surface area contributed by atoms with Crippen LogP contribution in [0.4, 0.5) is 5.69 Å². The number of halogens is 2. The van der Waals surface area contributed by atoms with Crippen molar-refractivity contribution in [3.8, 4) is 11.3 Å². The number of nitrogens with zero attached hydrogens (tertiary/aromatic N) is 1. The maximum atomic E-state index is 5.84. The number of anilines is 1. The number of benzene rings is 1. The summed E-state index contributed by atoms with van der Waals surface area (Å²) in [5.74, 6) is 0. The quantitative estimate of drug-likeness (QED) is 0.812. The minimum Gasteiger partial charge on any atom is -0.395 e. The van der Waals surface area contributed by atoms with E-state index in [4.69, 9.17) is 5.73 Å². The lowest BCUT2D eigenvalue weighted by Gasteiger charge is -1.96. The van der Waals surface area contributed by atoms with Crippen molar-refractivity contribution in [1.29, 1.82) is 0 Å². The minimum absolute atomic E-state index is 0. The minimum atomic E-state index is 0. The Bertz CT molecular complexity index is 412. The maximum absolute atomic E-state index is 5.84. The van der Waals surface area contributed by atoms with Crippen LogP contribution in [0.15, 0.2) is 30.3 Å². The Morgan fingerprint density at radius 2 is 1.73 bits per heavy atom. The Labute approximate surface area is 101 Å². The van der Waals surface area contributed by atoms with Crippen LogP contribution < -0.4 is 5.73 Å². The van der Waals surface area contributed by atoms with Gasteiger partial charge < -0.3 is 5.73 Å². The fourth-order valence-electron chi connectivity index (χ4n) is 1.25. The van der Waals surface area contributed by atoms with E-state index in [0.29, 0.717) is 0 Å². The Balaban J connectivity index is 0.000000980. The number of H-pyrrole nitrogens is 1. The molecule has 0 saturated carbocycles. The van der Waals surface area contributed by atoms with Crippen LogP contribution in [0.2, 0.25) is 0 Å². The Morgan fingerprint density at radius 3 is 2.20 bits per heavy atom. The molecule has 0 radical (unpaired) electrons. The maximum Gasteiger partial charge on any atom is 0.115 e. The van der Waals surface area contributed by atoms with Crippen LogP contribution in [0, 0.1) is 6.92 Å². The second-order valence-electron chi connectivity index (χ2n) is 2.98. The summed E-state index contributed by atoms with van der Waals surface area (Å²) in [5, 5.41) is 7.00. The van der Waals surface area contributed by atoms with Crippen molar-refractivity contribution >= 4 is 30.5 Å². The molecule has 15 heavy (non-hydrogen) atoms. The highest BCUT2D eigenvalue weighted by atomic mass is 35.5. The van der Waals surface area contributed by atoms with Gasteiger partial charge in [0.05, 0.1) is 11.4 Å². The average Bonchev–Trinajstić information content (AvgIpc) is 2.49. The molecule has 0 amide bonds. The van der Waals surface area contributed by atoms with Gasteiger partial charge in [0.2, 0.25) is 0 Å². The number of aryl methyl sites for hydroxylation is 1. The molecule has 1 aromatic heterocycles. The van der Waals surface area contributed by atoms with Crippen molar-refractivity contribution in [2.24, 2.45) is 0 Å². The van der Waals surface area contributed by atoms with Gasteiger partial charge in [-0.05, 0) is 6.92 Å². The van der Waals surface area contributed by atoms with E-state index in [-0.39, 0.29) is 24.8 Å². The summed E-state index contributed by atoms with van der Waals surface area (Å²) in [4.78, 5) is 0. The van der Waals surface area contributed by atoms with E-state index in [1.807, 2.05) is 37.3 Å². The van der Waals surface area contributed by atoms with Gasteiger partial charge in [-0.3, -0.25) is 5.10 Å². The van der Waals surface area contributed by atoms with Gasteiger partial charge in [-0.15, -0.1) is 24.8 Å². The fraction of sp³-hybridized carbons (Fsp3) is 0.100. The molecule has 0 unspecified atom stereocenters. The summed E-state index contributed by atoms with van der Waals surface area (Å²) in [6.07, 6.45) is 0. The van der Waals surface area contributed by atoms with Crippen LogP contribution in [0.25, 0.3) is 11.3 Å². The summed E-state index contributed by atoms with van der Waals surface area (Å²) in [5.41, 5.74) is 9.36. The second-order valence-corrected chi connectivity index (χ2v) is 2.98. The first-order valence-corrected chi connectivity index (χ1v) is 4.15. The third-order valence-electron chi connectivity index (χ3n) is 2.04. The Hall–Kier alpha value is -1.19.